The number of fused-ring (bicyclic) bond motifs is 1. The molecule has 0 aliphatic rings. The second-order valence-electron chi connectivity index (χ2n) is 3.06. The summed E-state index contributed by atoms with van der Waals surface area (Å²) in [5, 5.41) is 0. The smallest absolute Gasteiger partial charge is 0.0934 e. The van der Waals surface area contributed by atoms with Crippen LogP contribution in [0.15, 0.2) is 30.6 Å². The zero-order chi connectivity index (χ0) is 9.26. The Labute approximate surface area is 76.6 Å². The van der Waals surface area contributed by atoms with Crippen molar-refractivity contribution in [1.82, 2.24) is 9.97 Å². The monoisotopic (exact) mass is 173 g/mol. The minimum atomic E-state index is 0.000370. The first kappa shape index (κ1) is 8.13. The summed E-state index contributed by atoms with van der Waals surface area (Å²) < 4.78 is 0. The molecule has 2 rings (SSSR count). The predicted octanol–water partition coefficient (Wildman–Crippen LogP) is 1.65. The second kappa shape index (κ2) is 3.11. The molecule has 0 radical (unpaired) electrons. The molecule has 2 N–H and O–H groups in total. The van der Waals surface area contributed by atoms with E-state index in [1.165, 1.54) is 0 Å². The highest BCUT2D eigenvalue weighted by Gasteiger charge is 2.05. The number of hydrogen-bond donors (Lipinski definition) is 1. The number of nitrogens with two attached hydrogens (primary N) is 1. The quantitative estimate of drug-likeness (QED) is 0.713. The lowest BCUT2D eigenvalue weighted by atomic mass is 10.1. The first-order valence-corrected chi connectivity index (χ1v) is 4.24. The molecule has 13 heavy (non-hydrogen) atoms. The Morgan fingerprint density at radius 2 is 2.00 bits per heavy atom. The topological polar surface area (TPSA) is 51.8 Å². The Hall–Kier alpha value is -1.48. The van der Waals surface area contributed by atoms with Crippen LogP contribution < -0.4 is 5.73 Å². The van der Waals surface area contributed by atoms with E-state index in [1.54, 1.807) is 12.4 Å². The average Bonchev–Trinajstić information content (AvgIpc) is 2.17. The minimum Gasteiger partial charge on any atom is -0.324 e. The Morgan fingerprint density at radius 3 is 2.77 bits per heavy atom. The van der Waals surface area contributed by atoms with Crippen molar-refractivity contribution in [3.8, 4) is 0 Å². The van der Waals surface area contributed by atoms with E-state index in [9.17, 15) is 0 Å². The van der Waals surface area contributed by atoms with Gasteiger partial charge in [-0.2, -0.15) is 0 Å². The Balaban J connectivity index is 2.76. The fourth-order valence-corrected chi connectivity index (χ4v) is 1.38. The molecule has 3 heteroatoms. The van der Waals surface area contributed by atoms with Crippen LogP contribution in [0.3, 0.4) is 0 Å². The van der Waals surface area contributed by atoms with Gasteiger partial charge in [0.15, 0.2) is 0 Å². The third kappa shape index (κ3) is 1.38. The first-order valence-electron chi connectivity index (χ1n) is 4.24. The second-order valence-corrected chi connectivity index (χ2v) is 3.06. The molecular formula is C10H11N3. The van der Waals surface area contributed by atoms with E-state index in [2.05, 4.69) is 9.97 Å². The summed E-state index contributed by atoms with van der Waals surface area (Å²) in [4.78, 5) is 8.47. The molecule has 1 aromatic carbocycles. The summed E-state index contributed by atoms with van der Waals surface area (Å²) >= 11 is 0. The van der Waals surface area contributed by atoms with Crippen LogP contribution in [0.25, 0.3) is 11.0 Å². The Morgan fingerprint density at radius 1 is 1.23 bits per heavy atom. The van der Waals surface area contributed by atoms with Gasteiger partial charge < -0.3 is 5.73 Å². The summed E-state index contributed by atoms with van der Waals surface area (Å²) in [6.45, 7) is 1.95. The van der Waals surface area contributed by atoms with E-state index >= 15 is 0 Å². The average molecular weight is 173 g/mol. The molecule has 0 amide bonds. The van der Waals surface area contributed by atoms with Crippen molar-refractivity contribution in [3.63, 3.8) is 0 Å². The van der Waals surface area contributed by atoms with Gasteiger partial charge in [0.1, 0.15) is 0 Å². The molecule has 0 aliphatic heterocycles. The summed E-state index contributed by atoms with van der Waals surface area (Å²) in [7, 11) is 0. The molecule has 0 fully saturated rings. The molecule has 0 spiro atoms. The van der Waals surface area contributed by atoms with Gasteiger partial charge in [0.05, 0.1) is 11.0 Å². The predicted molar refractivity (Wildman–Crippen MR) is 52.1 cm³/mol. The summed E-state index contributed by atoms with van der Waals surface area (Å²) in [5.74, 6) is 0. The van der Waals surface area contributed by atoms with Crippen LogP contribution in [0.5, 0.6) is 0 Å². The van der Waals surface area contributed by atoms with Crippen molar-refractivity contribution in [2.24, 2.45) is 5.73 Å². The van der Waals surface area contributed by atoms with Crippen LogP contribution in [-0.4, -0.2) is 9.97 Å². The molecule has 2 aromatic rings. The van der Waals surface area contributed by atoms with Crippen molar-refractivity contribution < 1.29 is 0 Å². The first-order chi connectivity index (χ1) is 6.29. The Bertz CT molecular complexity index is 418. The van der Waals surface area contributed by atoms with E-state index in [0.29, 0.717) is 0 Å². The normalized spacial score (nSPS) is 13.1. The fourth-order valence-electron chi connectivity index (χ4n) is 1.38. The van der Waals surface area contributed by atoms with E-state index in [-0.39, 0.29) is 6.04 Å². The zero-order valence-corrected chi connectivity index (χ0v) is 7.44. The largest absolute Gasteiger partial charge is 0.324 e. The van der Waals surface area contributed by atoms with Gasteiger partial charge >= 0.3 is 0 Å². The van der Waals surface area contributed by atoms with Gasteiger partial charge in [-0.15, -0.1) is 0 Å². The van der Waals surface area contributed by atoms with Gasteiger partial charge in [0, 0.05) is 18.4 Å². The van der Waals surface area contributed by atoms with Gasteiger partial charge in [-0.1, -0.05) is 12.1 Å². The highest BCUT2D eigenvalue weighted by molar-refractivity contribution is 5.77. The summed E-state index contributed by atoms with van der Waals surface area (Å²) in [5.41, 5.74) is 8.66. The standard InChI is InChI=1S/C10H11N3/c1-7(11)8-3-2-4-9-10(8)13-6-5-12-9/h2-7H,11H2,1H3/t7-/m1/s1. The van der Waals surface area contributed by atoms with Gasteiger partial charge in [-0.05, 0) is 18.6 Å². The van der Waals surface area contributed by atoms with Crippen LogP contribution in [0.4, 0.5) is 0 Å². The number of benzene rings is 1. The maximum atomic E-state index is 5.81. The van der Waals surface area contributed by atoms with Gasteiger partial charge in [0.25, 0.3) is 0 Å². The minimum absolute atomic E-state index is 0.000370. The number of hydrogen-bond acceptors (Lipinski definition) is 3. The van der Waals surface area contributed by atoms with Crippen molar-refractivity contribution in [2.75, 3.05) is 0 Å². The molecule has 1 heterocycles. The third-order valence-corrected chi connectivity index (χ3v) is 2.02. The molecule has 66 valence electrons. The summed E-state index contributed by atoms with van der Waals surface area (Å²) in [6, 6.07) is 5.88. The maximum Gasteiger partial charge on any atom is 0.0934 e. The highest BCUT2D eigenvalue weighted by atomic mass is 14.8. The molecule has 1 atom stereocenters. The molecule has 0 saturated heterocycles. The molecule has 0 bridgehead atoms. The van der Waals surface area contributed by atoms with Gasteiger partial charge in [-0.25, -0.2) is 0 Å². The van der Waals surface area contributed by atoms with Gasteiger partial charge in [-0.3, -0.25) is 9.97 Å². The molecule has 0 aliphatic carbocycles. The maximum absolute atomic E-state index is 5.81. The van der Waals surface area contributed by atoms with Crippen molar-refractivity contribution in [1.29, 1.82) is 0 Å². The van der Waals surface area contributed by atoms with Crippen LogP contribution in [0.1, 0.15) is 18.5 Å². The molecule has 0 unspecified atom stereocenters. The van der Waals surface area contributed by atoms with Crippen LogP contribution >= 0.6 is 0 Å². The SMILES string of the molecule is C[C@@H](N)c1cccc2nccnc12. The van der Waals surface area contributed by atoms with Crippen LogP contribution in [0.2, 0.25) is 0 Å². The van der Waals surface area contributed by atoms with Crippen molar-refractivity contribution >= 4 is 11.0 Å². The zero-order valence-electron chi connectivity index (χ0n) is 7.44. The molecule has 1 aromatic heterocycles. The number of para-hydroxylation sites is 1. The lowest BCUT2D eigenvalue weighted by Crippen LogP contribution is -2.06. The molecular weight excluding hydrogens is 162 g/mol. The molecule has 3 nitrogen and oxygen atoms in total. The van der Waals surface area contributed by atoms with E-state index in [0.717, 1.165) is 16.6 Å². The fraction of sp³-hybridized carbons (Fsp3) is 0.200. The van der Waals surface area contributed by atoms with E-state index in [4.69, 9.17) is 5.73 Å². The third-order valence-electron chi connectivity index (χ3n) is 2.02. The molecule has 0 saturated carbocycles. The summed E-state index contributed by atoms with van der Waals surface area (Å²) in [6.07, 6.45) is 3.38. The number of rotatable bonds is 1. The number of nitrogens with zero attached hydrogens (tertiary/aromatic N) is 2. The van der Waals surface area contributed by atoms with Crippen molar-refractivity contribution in [2.45, 2.75) is 13.0 Å². The van der Waals surface area contributed by atoms with Crippen LogP contribution in [-0.2, 0) is 0 Å². The Kier molecular flexibility index (Phi) is 1.94. The van der Waals surface area contributed by atoms with E-state index in [1.807, 2.05) is 25.1 Å². The number of aromatic nitrogens is 2. The lowest BCUT2D eigenvalue weighted by molar-refractivity contribution is 0.823. The van der Waals surface area contributed by atoms with Gasteiger partial charge in [0.2, 0.25) is 0 Å². The van der Waals surface area contributed by atoms with Crippen LogP contribution in [0, 0.1) is 0 Å². The van der Waals surface area contributed by atoms with E-state index < -0.39 is 0 Å². The lowest BCUT2D eigenvalue weighted by Gasteiger charge is -2.07. The highest BCUT2D eigenvalue weighted by Crippen LogP contribution is 2.18. The van der Waals surface area contributed by atoms with Crippen molar-refractivity contribution in [3.05, 3.63) is 36.2 Å².